The molecule has 0 atom stereocenters. The molecule has 0 heterocycles. The van der Waals surface area contributed by atoms with Crippen molar-refractivity contribution in [2.24, 2.45) is 0 Å². The van der Waals surface area contributed by atoms with Gasteiger partial charge in [-0.3, -0.25) is 0 Å². The SMILES string of the molecule is C[SiH]C.[CH3][GeH][CH3]. The summed E-state index contributed by atoms with van der Waals surface area (Å²) in [7, 11) is 0.750. The Kier molecular flexibility index (Phi) is 28.3. The third-order valence-electron chi connectivity index (χ3n) is 0. The van der Waals surface area contributed by atoms with Gasteiger partial charge in [-0.1, -0.05) is 13.1 Å². The fourth-order valence-electron chi connectivity index (χ4n) is 0. The van der Waals surface area contributed by atoms with Crippen molar-refractivity contribution in [2.75, 3.05) is 0 Å². The van der Waals surface area contributed by atoms with Gasteiger partial charge in [-0.25, -0.2) is 0 Å². The van der Waals surface area contributed by atoms with Gasteiger partial charge in [0.1, 0.15) is 0 Å². The number of hydrogen-bond donors (Lipinski definition) is 0. The van der Waals surface area contributed by atoms with Crippen LogP contribution in [0.4, 0.5) is 0 Å². The van der Waals surface area contributed by atoms with Gasteiger partial charge in [-0.2, -0.15) is 0 Å². The first-order chi connectivity index (χ1) is 2.83. The van der Waals surface area contributed by atoms with Crippen molar-refractivity contribution in [1.82, 2.24) is 0 Å². The van der Waals surface area contributed by atoms with Gasteiger partial charge < -0.3 is 0 Å². The summed E-state index contributed by atoms with van der Waals surface area (Å²) in [5, 5.41) is 0. The first-order valence-corrected chi connectivity index (χ1v) is 9.46. The molecular formula is C4H14GeSi. The molecule has 0 nitrogen and oxygen atoms in total. The molecule has 0 N–H and O–H groups in total. The Morgan fingerprint density at radius 2 is 1.17 bits per heavy atom. The van der Waals surface area contributed by atoms with E-state index < -0.39 is 0 Å². The van der Waals surface area contributed by atoms with E-state index in [1.54, 1.807) is 0 Å². The van der Waals surface area contributed by atoms with Crippen molar-refractivity contribution in [3.05, 3.63) is 0 Å². The predicted molar refractivity (Wildman–Crippen MR) is 37.8 cm³/mol. The van der Waals surface area contributed by atoms with Crippen LogP contribution < -0.4 is 0 Å². The van der Waals surface area contributed by atoms with Crippen LogP contribution in [0, 0.1) is 0 Å². The fourth-order valence-corrected chi connectivity index (χ4v) is 0. The van der Waals surface area contributed by atoms with Crippen LogP contribution in [0.1, 0.15) is 0 Å². The van der Waals surface area contributed by atoms with Gasteiger partial charge in [-0.15, -0.1) is 0 Å². The summed E-state index contributed by atoms with van der Waals surface area (Å²) in [6.45, 7) is 4.42. The molecule has 0 aromatic rings. The van der Waals surface area contributed by atoms with Gasteiger partial charge >= 0.3 is 26.9 Å². The zero-order valence-electron chi connectivity index (χ0n) is 5.15. The molecule has 2 heteroatoms. The quantitative estimate of drug-likeness (QED) is 0.468. The second-order valence-corrected chi connectivity index (χ2v) is 4.73. The van der Waals surface area contributed by atoms with Crippen LogP contribution in [-0.2, 0) is 0 Å². The molecule has 0 bridgehead atoms. The maximum atomic E-state index is 2.28. The van der Waals surface area contributed by atoms with Gasteiger partial charge in [0, 0.05) is 9.52 Å². The van der Waals surface area contributed by atoms with E-state index in [4.69, 9.17) is 0 Å². The summed E-state index contributed by atoms with van der Waals surface area (Å²) in [5.41, 5.74) is 0. The number of rotatable bonds is 0. The second-order valence-electron chi connectivity index (χ2n) is 1.15. The van der Waals surface area contributed by atoms with Gasteiger partial charge in [0.2, 0.25) is 0 Å². The molecule has 2 radical (unpaired) electrons. The summed E-state index contributed by atoms with van der Waals surface area (Å²) in [5.74, 6) is 4.56. The Morgan fingerprint density at radius 1 is 1.17 bits per heavy atom. The van der Waals surface area contributed by atoms with Crippen LogP contribution in [0.25, 0.3) is 0 Å². The van der Waals surface area contributed by atoms with Crippen LogP contribution >= 0.6 is 0 Å². The third kappa shape index (κ3) is 117. The molecule has 38 valence electrons. The average molecular weight is 163 g/mol. The van der Waals surface area contributed by atoms with E-state index in [2.05, 4.69) is 24.6 Å². The van der Waals surface area contributed by atoms with E-state index in [1.165, 1.54) is 0 Å². The number of hydrogen-bond acceptors (Lipinski definition) is 0. The predicted octanol–water partition coefficient (Wildman–Crippen LogP) is 1.04. The van der Waals surface area contributed by atoms with Crippen LogP contribution in [0.5, 0.6) is 0 Å². The second kappa shape index (κ2) is 17.1. The molecule has 0 aliphatic rings. The molecule has 0 fully saturated rings. The Morgan fingerprint density at radius 3 is 1.17 bits per heavy atom. The Hall–Kier alpha value is 0.760. The van der Waals surface area contributed by atoms with Crippen molar-refractivity contribution in [3.8, 4) is 0 Å². The minimum absolute atomic E-state index is 0.312. The summed E-state index contributed by atoms with van der Waals surface area (Å²) in [6, 6.07) is 0. The van der Waals surface area contributed by atoms with E-state index in [-0.39, 0.29) is 0 Å². The van der Waals surface area contributed by atoms with E-state index in [1.807, 2.05) is 0 Å². The van der Waals surface area contributed by atoms with Crippen molar-refractivity contribution in [1.29, 1.82) is 0 Å². The average Bonchev–Trinajstić information content (AvgIpc) is 1.39. The molecule has 0 aromatic heterocycles. The van der Waals surface area contributed by atoms with Crippen molar-refractivity contribution in [3.63, 3.8) is 0 Å². The minimum atomic E-state index is 0.312. The maximum absolute atomic E-state index is 2.28. The molecular weight excluding hydrogens is 149 g/mol. The van der Waals surface area contributed by atoms with Crippen LogP contribution in [-0.4, -0.2) is 25.0 Å². The molecule has 6 heavy (non-hydrogen) atoms. The Balaban J connectivity index is 0. The van der Waals surface area contributed by atoms with Crippen molar-refractivity contribution >= 4 is 25.0 Å². The van der Waals surface area contributed by atoms with Gasteiger partial charge in [0.25, 0.3) is 0 Å². The first kappa shape index (κ1) is 9.90. The van der Waals surface area contributed by atoms with Crippen LogP contribution in [0.2, 0.25) is 24.6 Å². The molecule has 0 unspecified atom stereocenters. The van der Waals surface area contributed by atoms with Crippen molar-refractivity contribution < 1.29 is 0 Å². The third-order valence-corrected chi connectivity index (χ3v) is 0. The normalized spacial score (nSPS) is 6.00. The molecule has 0 aromatic carbocycles. The molecule has 0 amide bonds. The van der Waals surface area contributed by atoms with Gasteiger partial charge in [0.05, 0.1) is 0 Å². The molecule has 0 aliphatic carbocycles. The molecule has 0 spiro atoms. The van der Waals surface area contributed by atoms with E-state index in [0.717, 1.165) is 9.52 Å². The zero-order valence-corrected chi connectivity index (χ0v) is 8.73. The fraction of sp³-hybridized carbons (Fsp3) is 1.00. The summed E-state index contributed by atoms with van der Waals surface area (Å²) < 4.78 is 0. The van der Waals surface area contributed by atoms with E-state index in [0.29, 0.717) is 15.4 Å². The summed E-state index contributed by atoms with van der Waals surface area (Å²) in [6.07, 6.45) is 0. The monoisotopic (exact) mass is 164 g/mol. The van der Waals surface area contributed by atoms with E-state index in [9.17, 15) is 0 Å². The Bertz CT molecular complexity index is 9.51. The Labute approximate surface area is 50.0 Å². The standard InChI is InChI=1S/C2H7Ge.C2H7Si/c2*1-3-2/h2*3H,1-2H3. The van der Waals surface area contributed by atoms with E-state index >= 15 is 0 Å². The van der Waals surface area contributed by atoms with Crippen LogP contribution in [0.15, 0.2) is 0 Å². The van der Waals surface area contributed by atoms with Crippen LogP contribution in [0.3, 0.4) is 0 Å². The topological polar surface area (TPSA) is 0 Å². The molecule has 0 saturated heterocycles. The van der Waals surface area contributed by atoms with Gasteiger partial charge in [-0.05, 0) is 0 Å². The summed E-state index contributed by atoms with van der Waals surface area (Å²) >= 11 is 0.312. The van der Waals surface area contributed by atoms with Crippen molar-refractivity contribution in [2.45, 2.75) is 24.6 Å². The zero-order chi connectivity index (χ0) is 5.41. The van der Waals surface area contributed by atoms with Gasteiger partial charge in [0.15, 0.2) is 0 Å². The molecule has 0 saturated carbocycles. The summed E-state index contributed by atoms with van der Waals surface area (Å²) in [4.78, 5) is 0. The molecule has 0 rings (SSSR count). The molecule has 0 aliphatic heterocycles. The first-order valence-electron chi connectivity index (χ1n) is 2.31.